The molecule has 4 heteroatoms. The largest absolute Gasteiger partial charge is 0.487 e. The monoisotopic (exact) mass is 215 g/mol. The maximum absolute atomic E-state index is 8.75. The van der Waals surface area contributed by atoms with Gasteiger partial charge < -0.3 is 13.9 Å². The summed E-state index contributed by atoms with van der Waals surface area (Å²) in [7, 11) is 0. The van der Waals surface area contributed by atoms with E-state index in [1.54, 1.807) is 6.07 Å². The molecule has 3 rings (SSSR count). The minimum absolute atomic E-state index is 0.209. The minimum atomic E-state index is 0.209. The van der Waals surface area contributed by atoms with Crippen LogP contribution in [0.2, 0.25) is 0 Å². The van der Waals surface area contributed by atoms with Crippen LogP contribution in [-0.2, 0) is 4.74 Å². The Bertz CT molecular complexity index is 563. The van der Waals surface area contributed by atoms with E-state index in [2.05, 4.69) is 0 Å². The number of furan rings is 1. The highest BCUT2D eigenvalue weighted by Gasteiger charge is 2.23. The maximum atomic E-state index is 8.75. The van der Waals surface area contributed by atoms with E-state index in [0.717, 1.165) is 12.0 Å². The van der Waals surface area contributed by atoms with Crippen molar-refractivity contribution in [3.8, 4) is 11.8 Å². The summed E-state index contributed by atoms with van der Waals surface area (Å²) >= 11 is 0. The average molecular weight is 215 g/mol. The summed E-state index contributed by atoms with van der Waals surface area (Å²) in [6.07, 6.45) is 0.209. The van der Waals surface area contributed by atoms with E-state index in [1.165, 1.54) is 0 Å². The zero-order valence-corrected chi connectivity index (χ0v) is 8.47. The van der Waals surface area contributed by atoms with Crippen molar-refractivity contribution in [1.29, 1.82) is 5.26 Å². The zero-order chi connectivity index (χ0) is 11.0. The molecule has 1 atom stereocenters. The molecule has 0 amide bonds. The lowest BCUT2D eigenvalue weighted by molar-refractivity contribution is 0.263. The molecule has 1 fully saturated rings. The van der Waals surface area contributed by atoms with E-state index >= 15 is 0 Å². The number of epoxide rings is 1. The lowest BCUT2D eigenvalue weighted by Crippen LogP contribution is -2.03. The normalized spacial score (nSPS) is 18.3. The Labute approximate surface area is 92.0 Å². The molecule has 2 heterocycles. The fourth-order valence-corrected chi connectivity index (χ4v) is 1.55. The van der Waals surface area contributed by atoms with Gasteiger partial charge >= 0.3 is 0 Å². The lowest BCUT2D eigenvalue weighted by Gasteiger charge is -2.03. The lowest BCUT2D eigenvalue weighted by atomic mass is 10.2. The number of hydrogen-bond donors (Lipinski definition) is 0. The van der Waals surface area contributed by atoms with Crippen molar-refractivity contribution in [1.82, 2.24) is 0 Å². The summed E-state index contributed by atoms with van der Waals surface area (Å²) in [6, 6.07) is 9.27. The number of rotatable bonds is 3. The molecule has 0 bridgehead atoms. The Morgan fingerprint density at radius 3 is 3.12 bits per heavy atom. The fourth-order valence-electron chi connectivity index (χ4n) is 1.55. The molecule has 80 valence electrons. The van der Waals surface area contributed by atoms with Crippen LogP contribution in [-0.4, -0.2) is 19.3 Å². The third-order valence-corrected chi connectivity index (χ3v) is 2.45. The zero-order valence-electron chi connectivity index (χ0n) is 8.47. The fraction of sp³-hybridized carbons (Fsp3) is 0.250. The highest BCUT2D eigenvalue weighted by atomic mass is 16.6. The van der Waals surface area contributed by atoms with Crippen molar-refractivity contribution in [3.63, 3.8) is 0 Å². The van der Waals surface area contributed by atoms with Crippen LogP contribution in [0.25, 0.3) is 11.0 Å². The van der Waals surface area contributed by atoms with E-state index in [-0.39, 0.29) is 6.10 Å². The molecule has 0 spiro atoms. The summed E-state index contributed by atoms with van der Waals surface area (Å²) in [5, 5.41) is 9.63. The standard InChI is InChI=1S/C12H9NO3/c13-5-9-4-8-2-1-3-11(12(8)16-9)15-7-10-6-14-10/h1-4,10H,6-7H2. The van der Waals surface area contributed by atoms with Crippen LogP contribution in [0.5, 0.6) is 5.75 Å². The Kier molecular flexibility index (Phi) is 2.05. The molecule has 0 saturated carbocycles. The van der Waals surface area contributed by atoms with Crippen LogP contribution >= 0.6 is 0 Å². The molecule has 16 heavy (non-hydrogen) atoms. The second-order valence-corrected chi connectivity index (χ2v) is 3.66. The van der Waals surface area contributed by atoms with Crippen molar-refractivity contribution >= 4 is 11.0 Å². The highest BCUT2D eigenvalue weighted by Crippen LogP contribution is 2.29. The number of fused-ring (bicyclic) bond motifs is 1. The SMILES string of the molecule is N#Cc1cc2cccc(OCC3CO3)c2o1. The van der Waals surface area contributed by atoms with E-state index in [9.17, 15) is 0 Å². The second-order valence-electron chi connectivity index (χ2n) is 3.66. The predicted molar refractivity (Wildman–Crippen MR) is 56.2 cm³/mol. The van der Waals surface area contributed by atoms with E-state index in [4.69, 9.17) is 19.2 Å². The van der Waals surface area contributed by atoms with Crippen molar-refractivity contribution < 1.29 is 13.9 Å². The van der Waals surface area contributed by atoms with Crippen molar-refractivity contribution in [3.05, 3.63) is 30.0 Å². The smallest absolute Gasteiger partial charge is 0.204 e. The highest BCUT2D eigenvalue weighted by molar-refractivity contribution is 5.84. The van der Waals surface area contributed by atoms with Gasteiger partial charge in [-0.1, -0.05) is 12.1 Å². The van der Waals surface area contributed by atoms with Gasteiger partial charge in [-0.05, 0) is 6.07 Å². The molecule has 1 unspecified atom stereocenters. The molecule has 0 N–H and O–H groups in total. The van der Waals surface area contributed by atoms with Crippen LogP contribution in [0.15, 0.2) is 28.7 Å². The number of hydrogen-bond acceptors (Lipinski definition) is 4. The van der Waals surface area contributed by atoms with Gasteiger partial charge in [0.25, 0.3) is 0 Å². The van der Waals surface area contributed by atoms with Gasteiger partial charge in [0.05, 0.1) is 6.61 Å². The average Bonchev–Trinajstić information content (AvgIpc) is 3.03. The maximum Gasteiger partial charge on any atom is 0.204 e. The van der Waals surface area contributed by atoms with Gasteiger partial charge in [0.15, 0.2) is 11.3 Å². The first-order valence-electron chi connectivity index (χ1n) is 5.04. The molecule has 1 aliphatic heterocycles. The summed E-state index contributed by atoms with van der Waals surface area (Å²) < 4.78 is 16.0. The molecule has 1 aromatic carbocycles. The first-order chi connectivity index (χ1) is 7.86. The molecular weight excluding hydrogens is 206 g/mol. The topological polar surface area (TPSA) is 58.7 Å². The van der Waals surface area contributed by atoms with Gasteiger partial charge in [-0.2, -0.15) is 5.26 Å². The van der Waals surface area contributed by atoms with Gasteiger partial charge in [-0.25, -0.2) is 0 Å². The van der Waals surface area contributed by atoms with Crippen LogP contribution in [0.3, 0.4) is 0 Å². The van der Waals surface area contributed by atoms with Gasteiger partial charge in [-0.15, -0.1) is 0 Å². The second kappa shape index (κ2) is 3.54. The number of nitriles is 1. The number of para-hydroxylation sites is 1. The molecule has 1 saturated heterocycles. The molecule has 0 aliphatic carbocycles. The molecule has 1 aromatic heterocycles. The van der Waals surface area contributed by atoms with Crippen molar-refractivity contribution in [2.24, 2.45) is 0 Å². The number of ether oxygens (including phenoxy) is 2. The van der Waals surface area contributed by atoms with Gasteiger partial charge in [-0.3, -0.25) is 0 Å². The van der Waals surface area contributed by atoms with Crippen LogP contribution in [0.4, 0.5) is 0 Å². The van der Waals surface area contributed by atoms with Gasteiger partial charge in [0, 0.05) is 11.5 Å². The summed E-state index contributed by atoms with van der Waals surface area (Å²) in [6.45, 7) is 1.29. The van der Waals surface area contributed by atoms with Gasteiger partial charge in [0.1, 0.15) is 18.8 Å². The van der Waals surface area contributed by atoms with Crippen molar-refractivity contribution in [2.75, 3.05) is 13.2 Å². The van der Waals surface area contributed by atoms with Gasteiger partial charge in [0.2, 0.25) is 5.76 Å². The molecular formula is C12H9NO3. The number of nitrogens with zero attached hydrogens (tertiary/aromatic N) is 1. The van der Waals surface area contributed by atoms with E-state index < -0.39 is 0 Å². The summed E-state index contributed by atoms with van der Waals surface area (Å²) in [5.41, 5.74) is 0.625. The Morgan fingerprint density at radius 2 is 2.38 bits per heavy atom. The molecule has 2 aromatic rings. The third kappa shape index (κ3) is 1.62. The van der Waals surface area contributed by atoms with Crippen molar-refractivity contribution in [2.45, 2.75) is 6.10 Å². The van der Waals surface area contributed by atoms with Crippen LogP contribution < -0.4 is 4.74 Å². The first-order valence-corrected chi connectivity index (χ1v) is 5.04. The summed E-state index contributed by atoms with van der Waals surface area (Å²) in [4.78, 5) is 0. The predicted octanol–water partition coefficient (Wildman–Crippen LogP) is 2.08. The van der Waals surface area contributed by atoms with Crippen LogP contribution in [0, 0.1) is 11.3 Å². The van der Waals surface area contributed by atoms with Crippen LogP contribution in [0.1, 0.15) is 5.76 Å². The first kappa shape index (κ1) is 9.25. The molecule has 1 aliphatic rings. The van der Waals surface area contributed by atoms with E-state index in [1.807, 2.05) is 24.3 Å². The molecule has 4 nitrogen and oxygen atoms in total. The Hall–Kier alpha value is -1.99. The minimum Gasteiger partial charge on any atom is -0.487 e. The van der Waals surface area contributed by atoms with E-state index in [0.29, 0.717) is 23.7 Å². The molecule has 0 radical (unpaired) electrons. The Balaban J connectivity index is 1.95. The quantitative estimate of drug-likeness (QED) is 0.735. The Morgan fingerprint density at radius 1 is 1.50 bits per heavy atom. The third-order valence-electron chi connectivity index (χ3n) is 2.45. The number of benzene rings is 1. The summed E-state index contributed by atoms with van der Waals surface area (Å²) in [5.74, 6) is 0.961.